The summed E-state index contributed by atoms with van der Waals surface area (Å²) in [4.78, 5) is 15.6. The van der Waals surface area contributed by atoms with Gasteiger partial charge in [0, 0.05) is 24.4 Å². The lowest BCUT2D eigenvalue weighted by Crippen LogP contribution is -2.67. The molecule has 1 aliphatic carbocycles. The molecule has 3 heterocycles. The van der Waals surface area contributed by atoms with Gasteiger partial charge in [-0.3, -0.25) is 4.79 Å². The van der Waals surface area contributed by atoms with Crippen molar-refractivity contribution in [1.29, 1.82) is 0 Å². The molecule has 30 heavy (non-hydrogen) atoms. The molecule has 3 aliphatic heterocycles. The van der Waals surface area contributed by atoms with Gasteiger partial charge in [-0.2, -0.15) is 0 Å². The molecule has 6 heteroatoms. The fraction of sp³-hybridized carbons (Fsp3) is 0.875. The Bertz CT molecular complexity index is 688. The Hall–Kier alpha value is -0.950. The fourth-order valence-electron chi connectivity index (χ4n) is 6.06. The number of aliphatic hydroxyl groups is 1. The second kappa shape index (κ2) is 7.88. The summed E-state index contributed by atoms with van der Waals surface area (Å²) < 4.78 is 18.8. The van der Waals surface area contributed by atoms with E-state index < -0.39 is 23.5 Å². The summed E-state index contributed by atoms with van der Waals surface area (Å²) in [7, 11) is 0. The van der Waals surface area contributed by atoms with E-state index in [0.29, 0.717) is 19.6 Å². The molecule has 0 unspecified atom stereocenters. The number of ether oxygens (including phenoxy) is 3. The minimum absolute atomic E-state index is 0.00407. The lowest BCUT2D eigenvalue weighted by Gasteiger charge is -2.48. The van der Waals surface area contributed by atoms with E-state index >= 15 is 0 Å². The second-order valence-electron chi connectivity index (χ2n) is 10.8. The summed E-state index contributed by atoms with van der Waals surface area (Å²) in [5.74, 6) is -0.286. The van der Waals surface area contributed by atoms with Gasteiger partial charge in [0.05, 0.1) is 18.6 Å². The first-order chi connectivity index (χ1) is 14.2. The molecule has 170 valence electrons. The van der Waals surface area contributed by atoms with E-state index in [1.807, 2.05) is 11.8 Å². The number of hydrogen-bond donors (Lipinski definition) is 1. The van der Waals surface area contributed by atoms with Crippen LogP contribution in [-0.2, 0) is 19.0 Å². The predicted molar refractivity (Wildman–Crippen MR) is 114 cm³/mol. The second-order valence-corrected chi connectivity index (χ2v) is 10.8. The third-order valence-electron chi connectivity index (χ3n) is 7.72. The van der Waals surface area contributed by atoms with Gasteiger partial charge in [0.25, 0.3) is 0 Å². The van der Waals surface area contributed by atoms with Crippen LogP contribution in [0.3, 0.4) is 0 Å². The van der Waals surface area contributed by atoms with Crippen LogP contribution in [0.4, 0.5) is 0 Å². The molecule has 6 nitrogen and oxygen atoms in total. The van der Waals surface area contributed by atoms with Gasteiger partial charge >= 0.3 is 0 Å². The van der Waals surface area contributed by atoms with Crippen molar-refractivity contribution in [3.63, 3.8) is 0 Å². The van der Waals surface area contributed by atoms with E-state index in [9.17, 15) is 9.90 Å². The first-order valence-corrected chi connectivity index (χ1v) is 11.8. The van der Waals surface area contributed by atoms with Gasteiger partial charge in [-0.05, 0) is 32.6 Å². The molecule has 3 saturated heterocycles. The molecular weight excluding hydrogens is 382 g/mol. The smallest absolute Gasteiger partial charge is 0.231 e. The van der Waals surface area contributed by atoms with Gasteiger partial charge in [-0.1, -0.05) is 46.3 Å². The molecule has 0 aromatic rings. The molecule has 4 rings (SSSR count). The summed E-state index contributed by atoms with van der Waals surface area (Å²) >= 11 is 0. The first kappa shape index (κ1) is 22.3. The summed E-state index contributed by atoms with van der Waals surface area (Å²) in [6.45, 7) is 11.3. The fourth-order valence-corrected chi connectivity index (χ4v) is 6.06. The number of allylic oxidation sites excluding steroid dienone is 1. The highest BCUT2D eigenvalue weighted by Crippen LogP contribution is 2.60. The van der Waals surface area contributed by atoms with E-state index in [1.165, 1.54) is 0 Å². The van der Waals surface area contributed by atoms with Crippen LogP contribution < -0.4 is 0 Å². The maximum Gasteiger partial charge on any atom is 0.231 e. The molecule has 1 N–H and O–H groups in total. The molecule has 7 atom stereocenters. The number of unbranched alkanes of at least 4 members (excludes halogenated alkanes) is 1. The SMILES string of the molecule is CCCCO[C@H]1C[C@H]2C(=O)N3[C@H](C(C)(C)C)OC[C@@]3([C@H](O)[C@@H]3C=CCCC3)[C@@]2(C)O1. The largest absolute Gasteiger partial charge is 0.390 e. The van der Waals surface area contributed by atoms with Crippen molar-refractivity contribution in [3.05, 3.63) is 12.2 Å². The van der Waals surface area contributed by atoms with Crippen molar-refractivity contribution in [1.82, 2.24) is 4.90 Å². The van der Waals surface area contributed by atoms with E-state index in [4.69, 9.17) is 14.2 Å². The number of hydrogen-bond acceptors (Lipinski definition) is 5. The number of fused-ring (bicyclic) bond motifs is 3. The zero-order valence-electron chi connectivity index (χ0n) is 19.2. The number of nitrogens with zero attached hydrogens (tertiary/aromatic N) is 1. The Morgan fingerprint density at radius 1 is 1.40 bits per heavy atom. The zero-order chi connectivity index (χ0) is 21.7. The van der Waals surface area contributed by atoms with Crippen LogP contribution in [0.15, 0.2) is 12.2 Å². The molecule has 4 aliphatic rings. The minimum Gasteiger partial charge on any atom is -0.390 e. The molecule has 3 fully saturated rings. The van der Waals surface area contributed by atoms with Gasteiger partial charge < -0.3 is 24.2 Å². The van der Waals surface area contributed by atoms with E-state index in [0.717, 1.165) is 32.1 Å². The Labute approximate surface area is 180 Å². The number of aliphatic hydroxyl groups excluding tert-OH is 1. The zero-order valence-corrected chi connectivity index (χ0v) is 19.2. The van der Waals surface area contributed by atoms with Crippen LogP contribution in [0, 0.1) is 17.3 Å². The lowest BCUT2D eigenvalue weighted by molar-refractivity contribution is -0.213. The Morgan fingerprint density at radius 2 is 2.17 bits per heavy atom. The first-order valence-electron chi connectivity index (χ1n) is 11.8. The van der Waals surface area contributed by atoms with Crippen LogP contribution >= 0.6 is 0 Å². The van der Waals surface area contributed by atoms with Crippen molar-refractivity contribution in [2.45, 2.75) is 103 Å². The van der Waals surface area contributed by atoms with Crippen LogP contribution in [-0.4, -0.2) is 58.9 Å². The third-order valence-corrected chi connectivity index (χ3v) is 7.72. The normalized spacial score (nSPS) is 41.9. The quantitative estimate of drug-likeness (QED) is 0.524. The van der Waals surface area contributed by atoms with Gasteiger partial charge in [-0.25, -0.2) is 0 Å². The third kappa shape index (κ3) is 3.17. The lowest BCUT2D eigenvalue weighted by atomic mass is 9.69. The number of rotatable bonds is 6. The molecule has 0 aromatic carbocycles. The molecule has 0 bridgehead atoms. The highest BCUT2D eigenvalue weighted by atomic mass is 16.7. The number of carbonyl (C=O) groups excluding carboxylic acids is 1. The van der Waals surface area contributed by atoms with Crippen molar-refractivity contribution >= 4 is 5.91 Å². The van der Waals surface area contributed by atoms with Gasteiger partial charge in [0.2, 0.25) is 5.91 Å². The molecule has 1 amide bonds. The van der Waals surface area contributed by atoms with Crippen LogP contribution in [0.25, 0.3) is 0 Å². The Balaban J connectivity index is 1.71. The molecule has 0 saturated carbocycles. The van der Waals surface area contributed by atoms with Crippen molar-refractivity contribution in [2.75, 3.05) is 13.2 Å². The summed E-state index contributed by atoms with van der Waals surface area (Å²) in [6.07, 6.45) is 8.33. The Kier molecular flexibility index (Phi) is 5.84. The summed E-state index contributed by atoms with van der Waals surface area (Å²) in [5.41, 5.74) is -2.00. The van der Waals surface area contributed by atoms with Gasteiger partial charge in [-0.15, -0.1) is 0 Å². The summed E-state index contributed by atoms with van der Waals surface area (Å²) in [6, 6.07) is 0. The minimum atomic E-state index is -0.901. The number of amides is 1. The van der Waals surface area contributed by atoms with Crippen LogP contribution in [0.2, 0.25) is 0 Å². The maximum absolute atomic E-state index is 13.8. The van der Waals surface area contributed by atoms with Crippen LogP contribution in [0.1, 0.15) is 73.1 Å². The standard InChI is InChI=1S/C24H39NO5/c1-6-7-13-28-18-14-17-20(27)25-21(22(2,3)4)29-15-24(25,23(17,5)30-18)19(26)16-11-9-8-10-12-16/h9,11,16-19,21,26H,6-8,10,12-15H2,1-5H3/t16-,17+,18-,19-,21+,23+,24-/m1/s1. The predicted octanol–water partition coefficient (Wildman–Crippen LogP) is 3.63. The van der Waals surface area contributed by atoms with Crippen molar-refractivity contribution < 1.29 is 24.1 Å². The maximum atomic E-state index is 13.8. The van der Waals surface area contributed by atoms with Crippen molar-refractivity contribution in [2.24, 2.45) is 17.3 Å². The van der Waals surface area contributed by atoms with Gasteiger partial charge in [0.1, 0.15) is 17.4 Å². The average molecular weight is 422 g/mol. The van der Waals surface area contributed by atoms with Gasteiger partial charge in [0.15, 0.2) is 6.29 Å². The highest BCUT2D eigenvalue weighted by molar-refractivity contribution is 5.86. The molecule has 0 radical (unpaired) electrons. The topological polar surface area (TPSA) is 68.2 Å². The number of carbonyl (C=O) groups is 1. The molecule has 0 spiro atoms. The summed E-state index contributed by atoms with van der Waals surface area (Å²) in [5, 5.41) is 11.8. The average Bonchev–Trinajstić information content (AvgIpc) is 3.32. The van der Waals surface area contributed by atoms with Crippen LogP contribution in [0.5, 0.6) is 0 Å². The Morgan fingerprint density at radius 3 is 2.80 bits per heavy atom. The van der Waals surface area contributed by atoms with E-state index in [2.05, 4.69) is 39.8 Å². The van der Waals surface area contributed by atoms with E-state index in [1.54, 1.807) is 0 Å². The van der Waals surface area contributed by atoms with Crippen molar-refractivity contribution in [3.8, 4) is 0 Å². The monoisotopic (exact) mass is 421 g/mol. The van der Waals surface area contributed by atoms with E-state index in [-0.39, 0.29) is 29.4 Å². The highest BCUT2D eigenvalue weighted by Gasteiger charge is 2.77. The molecule has 0 aromatic heterocycles. The molecular formula is C24H39NO5.